The molecule has 0 aromatic rings. The van der Waals surface area contributed by atoms with Crippen LogP contribution in [0.3, 0.4) is 0 Å². The van der Waals surface area contributed by atoms with Crippen LogP contribution < -0.4 is 11.1 Å². The van der Waals surface area contributed by atoms with Gasteiger partial charge in [0.2, 0.25) is 5.91 Å². The van der Waals surface area contributed by atoms with Gasteiger partial charge in [0, 0.05) is 20.1 Å². The van der Waals surface area contributed by atoms with Gasteiger partial charge >= 0.3 is 0 Å². The molecule has 0 fully saturated rings. The highest BCUT2D eigenvalue weighted by Crippen LogP contribution is 2.01. The number of hydrogen-bond donors (Lipinski definition) is 3. The van der Waals surface area contributed by atoms with Gasteiger partial charge in [-0.25, -0.2) is 0 Å². The summed E-state index contributed by atoms with van der Waals surface area (Å²) < 4.78 is 4.91. The van der Waals surface area contributed by atoms with E-state index in [2.05, 4.69) is 10.5 Å². The average molecular weight is 217 g/mol. The van der Waals surface area contributed by atoms with Crippen molar-refractivity contribution in [3.05, 3.63) is 0 Å². The molecule has 0 aromatic carbocycles. The fourth-order valence-corrected chi connectivity index (χ4v) is 1.12. The van der Waals surface area contributed by atoms with Gasteiger partial charge < -0.3 is 21.0 Å². The second kappa shape index (κ2) is 7.05. The maximum Gasteiger partial charge on any atom is 0.220 e. The van der Waals surface area contributed by atoms with Crippen molar-refractivity contribution in [1.82, 2.24) is 5.32 Å². The molecule has 0 aliphatic carbocycles. The molecule has 0 aliphatic heterocycles. The Bertz CT molecular complexity index is 231. The predicted molar refractivity (Wildman–Crippen MR) is 56.7 cm³/mol. The molecule has 0 saturated heterocycles. The monoisotopic (exact) mass is 217 g/mol. The lowest BCUT2D eigenvalue weighted by atomic mass is 10.1. The number of nitrogens with zero attached hydrogens (tertiary/aromatic N) is 1. The number of carbonyl (C=O) groups is 1. The van der Waals surface area contributed by atoms with Gasteiger partial charge in [-0.15, -0.1) is 0 Å². The summed E-state index contributed by atoms with van der Waals surface area (Å²) in [5.74, 6) is -0.00381. The first kappa shape index (κ1) is 13.7. The minimum absolute atomic E-state index is 0.0113. The van der Waals surface area contributed by atoms with Crippen LogP contribution in [-0.4, -0.2) is 36.7 Å². The number of hydrogen-bond acceptors (Lipinski definition) is 4. The lowest BCUT2D eigenvalue weighted by molar-refractivity contribution is -0.122. The van der Waals surface area contributed by atoms with Crippen molar-refractivity contribution in [1.29, 1.82) is 0 Å². The maximum absolute atomic E-state index is 11.4. The predicted octanol–water partition coefficient (Wildman–Crippen LogP) is -0.0899. The molecular weight excluding hydrogens is 198 g/mol. The standard InChI is InChI=1S/C9H19N3O3/c1-6(5-15-3)4-8(13)11-7(2)9(10)12-14/h6-7,14H,4-5H2,1-3H3,(H2,10,12)(H,11,13). The molecule has 6 nitrogen and oxygen atoms in total. The van der Waals surface area contributed by atoms with E-state index in [1.165, 1.54) is 0 Å². The molecule has 0 radical (unpaired) electrons. The fourth-order valence-electron chi connectivity index (χ4n) is 1.12. The number of amides is 1. The first-order valence-corrected chi connectivity index (χ1v) is 4.77. The molecular formula is C9H19N3O3. The zero-order valence-electron chi connectivity index (χ0n) is 9.36. The Balaban J connectivity index is 3.93. The van der Waals surface area contributed by atoms with Gasteiger partial charge in [-0.3, -0.25) is 4.79 Å². The summed E-state index contributed by atoms with van der Waals surface area (Å²) >= 11 is 0. The SMILES string of the molecule is COCC(C)CC(=O)NC(C)C(N)=NO. The van der Waals surface area contributed by atoms with Crippen LogP contribution >= 0.6 is 0 Å². The van der Waals surface area contributed by atoms with Crippen molar-refractivity contribution in [2.45, 2.75) is 26.3 Å². The molecule has 4 N–H and O–H groups in total. The number of carbonyl (C=O) groups excluding carboxylic acids is 1. The highest BCUT2D eigenvalue weighted by molar-refractivity contribution is 5.89. The van der Waals surface area contributed by atoms with E-state index in [4.69, 9.17) is 15.7 Å². The molecule has 1 amide bonds. The largest absolute Gasteiger partial charge is 0.409 e. The zero-order chi connectivity index (χ0) is 11.8. The Morgan fingerprint density at radius 2 is 2.20 bits per heavy atom. The highest BCUT2D eigenvalue weighted by atomic mass is 16.5. The molecule has 0 bridgehead atoms. The van der Waals surface area contributed by atoms with Crippen molar-refractivity contribution in [2.75, 3.05) is 13.7 Å². The van der Waals surface area contributed by atoms with E-state index in [1.807, 2.05) is 6.92 Å². The van der Waals surface area contributed by atoms with Gasteiger partial charge in [-0.05, 0) is 12.8 Å². The average Bonchev–Trinajstić information content (AvgIpc) is 2.16. The van der Waals surface area contributed by atoms with E-state index < -0.39 is 6.04 Å². The van der Waals surface area contributed by atoms with E-state index in [1.54, 1.807) is 14.0 Å². The second-order valence-corrected chi connectivity index (χ2v) is 3.58. The Kier molecular flexibility index (Phi) is 6.44. The van der Waals surface area contributed by atoms with Crippen LogP contribution in [0.15, 0.2) is 5.16 Å². The third-order valence-electron chi connectivity index (χ3n) is 1.92. The lowest BCUT2D eigenvalue weighted by Crippen LogP contribution is -2.42. The van der Waals surface area contributed by atoms with Gasteiger partial charge in [0.25, 0.3) is 0 Å². The minimum atomic E-state index is -0.461. The molecule has 2 unspecified atom stereocenters. The van der Waals surface area contributed by atoms with Gasteiger partial charge in [-0.1, -0.05) is 12.1 Å². The molecule has 2 atom stereocenters. The third kappa shape index (κ3) is 5.90. The molecule has 0 saturated carbocycles. The molecule has 6 heteroatoms. The molecule has 0 aromatic heterocycles. The summed E-state index contributed by atoms with van der Waals surface area (Å²) in [7, 11) is 1.59. The number of ether oxygens (including phenoxy) is 1. The summed E-state index contributed by atoms with van der Waals surface area (Å²) in [6, 6.07) is -0.461. The Hall–Kier alpha value is -1.30. The van der Waals surface area contributed by atoms with E-state index >= 15 is 0 Å². The van der Waals surface area contributed by atoms with Crippen LogP contribution in [0.2, 0.25) is 0 Å². The quantitative estimate of drug-likeness (QED) is 0.251. The summed E-state index contributed by atoms with van der Waals surface area (Å²) in [5, 5.41) is 13.8. The molecule has 0 rings (SSSR count). The molecule has 0 spiro atoms. The van der Waals surface area contributed by atoms with Crippen molar-refractivity contribution in [3.8, 4) is 0 Å². The number of rotatable bonds is 6. The van der Waals surface area contributed by atoms with Crippen LogP contribution in [0.5, 0.6) is 0 Å². The van der Waals surface area contributed by atoms with Crippen molar-refractivity contribution in [3.63, 3.8) is 0 Å². The summed E-state index contributed by atoms with van der Waals surface area (Å²) in [6.07, 6.45) is 0.358. The summed E-state index contributed by atoms with van der Waals surface area (Å²) in [4.78, 5) is 11.4. The number of methoxy groups -OCH3 is 1. The molecule has 15 heavy (non-hydrogen) atoms. The number of nitrogens with one attached hydrogen (secondary N) is 1. The normalized spacial score (nSPS) is 15.8. The fraction of sp³-hybridized carbons (Fsp3) is 0.778. The maximum atomic E-state index is 11.4. The number of nitrogens with two attached hydrogens (primary N) is 1. The van der Waals surface area contributed by atoms with E-state index in [9.17, 15) is 4.79 Å². The van der Waals surface area contributed by atoms with Gasteiger partial charge in [0.15, 0.2) is 5.84 Å². The summed E-state index contributed by atoms with van der Waals surface area (Å²) in [5.41, 5.74) is 5.31. The van der Waals surface area contributed by atoms with Crippen LogP contribution in [-0.2, 0) is 9.53 Å². The molecule has 0 heterocycles. The van der Waals surface area contributed by atoms with Crippen molar-refractivity contribution >= 4 is 11.7 Å². The van der Waals surface area contributed by atoms with E-state index in [0.717, 1.165) is 0 Å². The topological polar surface area (TPSA) is 96.9 Å². The van der Waals surface area contributed by atoms with Gasteiger partial charge in [0.05, 0.1) is 6.04 Å². The first-order valence-electron chi connectivity index (χ1n) is 4.77. The zero-order valence-corrected chi connectivity index (χ0v) is 9.36. The Morgan fingerprint density at radius 1 is 1.60 bits per heavy atom. The van der Waals surface area contributed by atoms with Crippen LogP contribution in [0.1, 0.15) is 20.3 Å². The van der Waals surface area contributed by atoms with Gasteiger partial charge in [-0.2, -0.15) is 0 Å². The van der Waals surface area contributed by atoms with Crippen LogP contribution in [0.25, 0.3) is 0 Å². The second-order valence-electron chi connectivity index (χ2n) is 3.58. The van der Waals surface area contributed by atoms with E-state index in [-0.39, 0.29) is 17.7 Å². The van der Waals surface area contributed by atoms with Crippen LogP contribution in [0.4, 0.5) is 0 Å². The number of oxime groups is 1. The smallest absolute Gasteiger partial charge is 0.220 e. The van der Waals surface area contributed by atoms with Crippen molar-refractivity contribution in [2.24, 2.45) is 16.8 Å². The third-order valence-corrected chi connectivity index (χ3v) is 1.92. The van der Waals surface area contributed by atoms with Crippen LogP contribution in [0, 0.1) is 5.92 Å². The Morgan fingerprint density at radius 3 is 2.67 bits per heavy atom. The van der Waals surface area contributed by atoms with E-state index in [0.29, 0.717) is 13.0 Å². The van der Waals surface area contributed by atoms with Crippen molar-refractivity contribution < 1.29 is 14.7 Å². The number of amidine groups is 1. The first-order chi connectivity index (χ1) is 7.01. The Labute approximate surface area is 89.5 Å². The highest BCUT2D eigenvalue weighted by Gasteiger charge is 2.13. The molecule has 0 aliphatic rings. The molecule has 88 valence electrons. The van der Waals surface area contributed by atoms with Gasteiger partial charge in [0.1, 0.15) is 0 Å². The lowest BCUT2D eigenvalue weighted by Gasteiger charge is -2.14. The summed E-state index contributed by atoms with van der Waals surface area (Å²) in [6.45, 7) is 4.09. The minimum Gasteiger partial charge on any atom is -0.409 e.